The minimum absolute atomic E-state index is 0.0630. The van der Waals surface area contributed by atoms with Gasteiger partial charge in [0.25, 0.3) is 5.69 Å². The normalized spacial score (nSPS) is 9.78. The molecule has 0 radical (unpaired) electrons. The lowest BCUT2D eigenvalue weighted by Crippen LogP contribution is -1.91. The van der Waals surface area contributed by atoms with Gasteiger partial charge < -0.3 is 4.74 Å². The van der Waals surface area contributed by atoms with Gasteiger partial charge in [0.15, 0.2) is 6.29 Å². The predicted octanol–water partition coefficient (Wildman–Crippen LogP) is 2.59. The summed E-state index contributed by atoms with van der Waals surface area (Å²) in [6, 6.07) is 7.27. The largest absolute Gasteiger partial charge is 0.455 e. The number of rotatable bonds is 4. The molecule has 0 N–H and O–H groups in total. The van der Waals surface area contributed by atoms with Gasteiger partial charge >= 0.3 is 0 Å². The maximum Gasteiger partial charge on any atom is 0.273 e. The molecular weight excluding hydrogens is 236 g/mol. The Morgan fingerprint density at radius 2 is 2.06 bits per heavy atom. The van der Waals surface area contributed by atoms with Gasteiger partial charge in [0.2, 0.25) is 0 Å². The highest BCUT2D eigenvalue weighted by Gasteiger charge is 2.07. The average molecular weight is 244 g/mol. The van der Waals surface area contributed by atoms with Gasteiger partial charge in [0.05, 0.1) is 17.2 Å². The molecule has 18 heavy (non-hydrogen) atoms. The van der Waals surface area contributed by atoms with E-state index in [1.807, 2.05) is 0 Å². The molecule has 0 aliphatic rings. The van der Waals surface area contributed by atoms with Gasteiger partial charge in [-0.3, -0.25) is 19.9 Å². The molecule has 0 atom stereocenters. The molecule has 0 aliphatic carbocycles. The Balaban J connectivity index is 2.25. The first-order valence-electron chi connectivity index (χ1n) is 5.01. The maximum atomic E-state index is 10.6. The molecule has 1 aromatic carbocycles. The van der Waals surface area contributed by atoms with E-state index in [2.05, 4.69) is 4.98 Å². The van der Waals surface area contributed by atoms with Crippen molar-refractivity contribution in [3.8, 4) is 11.5 Å². The van der Waals surface area contributed by atoms with Crippen LogP contribution in [0.1, 0.15) is 10.4 Å². The Kier molecular flexibility index (Phi) is 3.29. The van der Waals surface area contributed by atoms with Crippen molar-refractivity contribution in [2.75, 3.05) is 0 Å². The first-order valence-corrected chi connectivity index (χ1v) is 5.01. The van der Waals surface area contributed by atoms with Crippen LogP contribution in [0.15, 0.2) is 42.7 Å². The molecule has 1 aromatic heterocycles. The van der Waals surface area contributed by atoms with Gasteiger partial charge in [-0.05, 0) is 12.1 Å². The van der Waals surface area contributed by atoms with E-state index in [1.54, 1.807) is 6.07 Å². The fourth-order valence-electron chi connectivity index (χ4n) is 1.35. The van der Waals surface area contributed by atoms with Crippen LogP contribution in [0.3, 0.4) is 0 Å². The fraction of sp³-hybridized carbons (Fsp3) is 0. The molecular formula is C12H8N2O4. The van der Waals surface area contributed by atoms with E-state index in [0.29, 0.717) is 23.3 Å². The molecule has 0 bridgehead atoms. The van der Waals surface area contributed by atoms with Crippen molar-refractivity contribution >= 4 is 12.0 Å². The number of ether oxygens (including phenoxy) is 1. The summed E-state index contributed by atoms with van der Waals surface area (Å²) in [5, 5.41) is 10.6. The number of non-ortho nitro benzene ring substituents is 1. The van der Waals surface area contributed by atoms with Crippen LogP contribution < -0.4 is 4.74 Å². The summed E-state index contributed by atoms with van der Waals surface area (Å²) in [5.74, 6) is 0.661. The summed E-state index contributed by atoms with van der Waals surface area (Å²) in [4.78, 5) is 24.5. The molecule has 6 heteroatoms. The molecule has 1 heterocycles. The third-order valence-electron chi connectivity index (χ3n) is 2.13. The van der Waals surface area contributed by atoms with Crippen molar-refractivity contribution in [3.63, 3.8) is 0 Å². The number of carbonyl (C=O) groups is 1. The summed E-state index contributed by atoms with van der Waals surface area (Å²) in [5.41, 5.74) is 0.310. The van der Waals surface area contributed by atoms with E-state index in [0.717, 1.165) is 0 Å². The molecule has 0 amide bonds. The smallest absolute Gasteiger partial charge is 0.273 e. The van der Waals surface area contributed by atoms with E-state index in [1.165, 1.54) is 36.7 Å². The van der Waals surface area contributed by atoms with Crippen LogP contribution in [-0.4, -0.2) is 16.2 Å². The van der Waals surface area contributed by atoms with E-state index >= 15 is 0 Å². The maximum absolute atomic E-state index is 10.6. The quantitative estimate of drug-likeness (QED) is 0.469. The predicted molar refractivity (Wildman–Crippen MR) is 62.8 cm³/mol. The number of hydrogen-bond donors (Lipinski definition) is 0. The summed E-state index contributed by atoms with van der Waals surface area (Å²) in [6.45, 7) is 0. The number of pyridine rings is 1. The second-order valence-corrected chi connectivity index (χ2v) is 3.43. The van der Waals surface area contributed by atoms with Crippen molar-refractivity contribution in [3.05, 3.63) is 58.4 Å². The number of benzene rings is 1. The number of carbonyl (C=O) groups excluding carboxylic acids is 1. The minimum atomic E-state index is -0.507. The molecule has 0 spiro atoms. The molecule has 6 nitrogen and oxygen atoms in total. The topological polar surface area (TPSA) is 82.3 Å². The molecule has 0 saturated carbocycles. The monoisotopic (exact) mass is 244 g/mol. The van der Waals surface area contributed by atoms with Crippen LogP contribution in [0.25, 0.3) is 0 Å². The molecule has 0 fully saturated rings. The third-order valence-corrected chi connectivity index (χ3v) is 2.13. The Labute approximate surface area is 102 Å². The zero-order valence-corrected chi connectivity index (χ0v) is 9.15. The highest BCUT2D eigenvalue weighted by molar-refractivity contribution is 5.74. The number of aldehydes is 1. The van der Waals surface area contributed by atoms with Crippen molar-refractivity contribution in [2.45, 2.75) is 0 Å². The van der Waals surface area contributed by atoms with Crippen LogP contribution >= 0.6 is 0 Å². The zero-order chi connectivity index (χ0) is 13.0. The molecule has 2 rings (SSSR count). The number of aromatic nitrogens is 1. The molecule has 90 valence electrons. The van der Waals surface area contributed by atoms with Crippen molar-refractivity contribution in [1.29, 1.82) is 0 Å². The Morgan fingerprint density at radius 3 is 2.78 bits per heavy atom. The van der Waals surface area contributed by atoms with E-state index in [-0.39, 0.29) is 5.69 Å². The van der Waals surface area contributed by atoms with Crippen molar-refractivity contribution in [1.82, 2.24) is 4.98 Å². The van der Waals surface area contributed by atoms with Gasteiger partial charge in [0.1, 0.15) is 11.5 Å². The standard InChI is InChI=1S/C12H8N2O4/c15-8-9-4-12(7-13-6-9)18-11-3-1-2-10(5-11)14(16)17/h1-8H. The zero-order valence-electron chi connectivity index (χ0n) is 9.15. The highest BCUT2D eigenvalue weighted by atomic mass is 16.6. The molecule has 2 aromatic rings. The van der Waals surface area contributed by atoms with Crippen LogP contribution in [-0.2, 0) is 0 Å². The van der Waals surface area contributed by atoms with Gasteiger partial charge in [-0.2, -0.15) is 0 Å². The fourth-order valence-corrected chi connectivity index (χ4v) is 1.35. The van der Waals surface area contributed by atoms with Crippen LogP contribution in [0.2, 0.25) is 0 Å². The lowest BCUT2D eigenvalue weighted by atomic mass is 10.3. The van der Waals surface area contributed by atoms with Gasteiger partial charge in [0, 0.05) is 17.8 Å². The summed E-state index contributed by atoms with van der Waals surface area (Å²) < 4.78 is 5.39. The second kappa shape index (κ2) is 5.05. The SMILES string of the molecule is O=Cc1cncc(Oc2cccc([N+](=O)[O-])c2)c1. The van der Waals surface area contributed by atoms with Crippen LogP contribution in [0, 0.1) is 10.1 Å². The summed E-state index contributed by atoms with van der Waals surface area (Å²) >= 11 is 0. The number of nitro groups is 1. The minimum Gasteiger partial charge on any atom is -0.455 e. The van der Waals surface area contributed by atoms with Gasteiger partial charge in [-0.15, -0.1) is 0 Å². The Hall–Kier alpha value is -2.76. The number of nitro benzene ring substituents is 1. The van der Waals surface area contributed by atoms with E-state index < -0.39 is 4.92 Å². The third kappa shape index (κ3) is 2.67. The Morgan fingerprint density at radius 1 is 1.22 bits per heavy atom. The molecule has 0 aliphatic heterocycles. The lowest BCUT2D eigenvalue weighted by Gasteiger charge is -2.04. The van der Waals surface area contributed by atoms with Crippen LogP contribution in [0.5, 0.6) is 11.5 Å². The number of hydrogen-bond acceptors (Lipinski definition) is 5. The molecule has 0 saturated heterocycles. The second-order valence-electron chi connectivity index (χ2n) is 3.43. The molecule has 0 unspecified atom stereocenters. The lowest BCUT2D eigenvalue weighted by molar-refractivity contribution is -0.384. The Bertz CT molecular complexity index is 598. The summed E-state index contributed by atoms with van der Waals surface area (Å²) in [6.07, 6.45) is 3.46. The van der Waals surface area contributed by atoms with Crippen LogP contribution in [0.4, 0.5) is 5.69 Å². The van der Waals surface area contributed by atoms with E-state index in [4.69, 9.17) is 4.74 Å². The van der Waals surface area contributed by atoms with Crippen molar-refractivity contribution < 1.29 is 14.5 Å². The van der Waals surface area contributed by atoms with Crippen molar-refractivity contribution in [2.24, 2.45) is 0 Å². The van der Waals surface area contributed by atoms with E-state index in [9.17, 15) is 14.9 Å². The number of nitrogens with zero attached hydrogens (tertiary/aromatic N) is 2. The first kappa shape index (κ1) is 11.7. The average Bonchev–Trinajstić information content (AvgIpc) is 2.39. The summed E-state index contributed by atoms with van der Waals surface area (Å²) in [7, 11) is 0. The van der Waals surface area contributed by atoms with Gasteiger partial charge in [-0.1, -0.05) is 6.07 Å². The van der Waals surface area contributed by atoms with Gasteiger partial charge in [-0.25, -0.2) is 0 Å². The first-order chi connectivity index (χ1) is 8.69. The highest BCUT2D eigenvalue weighted by Crippen LogP contribution is 2.24.